The number of anilines is 1. The molecule has 0 fully saturated rings. The Hall–Kier alpha value is -1.32. The van der Waals surface area contributed by atoms with Gasteiger partial charge in [0.1, 0.15) is 0 Å². The van der Waals surface area contributed by atoms with Crippen LogP contribution in [0.2, 0.25) is 0 Å². The van der Waals surface area contributed by atoms with Crippen LogP contribution in [0.1, 0.15) is 42.9 Å². The van der Waals surface area contributed by atoms with Crippen LogP contribution >= 0.6 is 11.3 Å². The van der Waals surface area contributed by atoms with Crippen LogP contribution in [0.3, 0.4) is 0 Å². The van der Waals surface area contributed by atoms with Crippen molar-refractivity contribution in [3.63, 3.8) is 0 Å². The molecule has 1 unspecified atom stereocenters. The van der Waals surface area contributed by atoms with Gasteiger partial charge in [-0.05, 0) is 91.2 Å². The van der Waals surface area contributed by atoms with E-state index in [9.17, 15) is 0 Å². The Morgan fingerprint density at radius 1 is 1.26 bits per heavy atom. The van der Waals surface area contributed by atoms with Gasteiger partial charge in [-0.1, -0.05) is 19.1 Å². The highest BCUT2D eigenvalue weighted by atomic mass is 32.1. The van der Waals surface area contributed by atoms with E-state index in [2.05, 4.69) is 40.8 Å². The summed E-state index contributed by atoms with van der Waals surface area (Å²) in [5.74, 6) is 0. The lowest BCUT2D eigenvalue weighted by atomic mass is 9.86. The second kappa shape index (κ2) is 7.98. The van der Waals surface area contributed by atoms with Crippen LogP contribution in [0.5, 0.6) is 0 Å². The molecule has 0 saturated carbocycles. The van der Waals surface area contributed by atoms with Gasteiger partial charge in [-0.2, -0.15) is 11.3 Å². The third-order valence-electron chi connectivity index (χ3n) is 5.16. The molecule has 3 rings (SSSR count). The SMILES string of the molecule is CCN(CCCCc1ccsc1)C1CCc2c(N)cccc2C1. The first-order valence-electron chi connectivity index (χ1n) is 8.89. The van der Waals surface area contributed by atoms with Crippen LogP contribution in [0.15, 0.2) is 35.0 Å². The quantitative estimate of drug-likeness (QED) is 0.597. The number of nitrogens with two attached hydrogens (primary N) is 1. The molecule has 0 bridgehead atoms. The Kier molecular flexibility index (Phi) is 5.74. The zero-order valence-corrected chi connectivity index (χ0v) is 14.9. The summed E-state index contributed by atoms with van der Waals surface area (Å²) in [6.07, 6.45) is 7.37. The minimum absolute atomic E-state index is 0.690. The molecule has 1 heterocycles. The van der Waals surface area contributed by atoms with Crippen molar-refractivity contribution in [3.8, 4) is 0 Å². The van der Waals surface area contributed by atoms with Crippen LogP contribution < -0.4 is 5.73 Å². The first kappa shape index (κ1) is 16.5. The van der Waals surface area contributed by atoms with Gasteiger partial charge in [0, 0.05) is 11.7 Å². The summed E-state index contributed by atoms with van der Waals surface area (Å²) >= 11 is 1.81. The molecule has 0 spiro atoms. The van der Waals surface area contributed by atoms with Crippen molar-refractivity contribution in [3.05, 3.63) is 51.7 Å². The van der Waals surface area contributed by atoms with Crippen LogP contribution in [0.25, 0.3) is 0 Å². The van der Waals surface area contributed by atoms with E-state index in [0.29, 0.717) is 6.04 Å². The fraction of sp³-hybridized carbons (Fsp3) is 0.500. The lowest BCUT2D eigenvalue weighted by molar-refractivity contribution is 0.185. The van der Waals surface area contributed by atoms with Gasteiger partial charge in [-0.25, -0.2) is 0 Å². The number of benzene rings is 1. The predicted molar refractivity (Wildman–Crippen MR) is 101 cm³/mol. The number of thiophene rings is 1. The molecular formula is C20H28N2S. The van der Waals surface area contributed by atoms with Crippen LogP contribution in [0, 0.1) is 0 Å². The fourth-order valence-corrected chi connectivity index (χ4v) is 4.51. The highest BCUT2D eigenvalue weighted by Gasteiger charge is 2.24. The summed E-state index contributed by atoms with van der Waals surface area (Å²) < 4.78 is 0. The number of hydrogen-bond donors (Lipinski definition) is 1. The first-order chi connectivity index (χ1) is 11.3. The Labute approximate surface area is 144 Å². The van der Waals surface area contributed by atoms with Crippen molar-refractivity contribution in [2.45, 2.75) is 51.5 Å². The molecule has 2 N–H and O–H groups in total. The summed E-state index contributed by atoms with van der Waals surface area (Å²) in [5.41, 5.74) is 11.5. The third-order valence-corrected chi connectivity index (χ3v) is 5.89. The lowest BCUT2D eigenvalue weighted by Gasteiger charge is -2.35. The third kappa shape index (κ3) is 4.15. The molecule has 0 radical (unpaired) electrons. The second-order valence-electron chi connectivity index (χ2n) is 6.60. The largest absolute Gasteiger partial charge is 0.398 e. The first-order valence-corrected chi connectivity index (χ1v) is 9.83. The topological polar surface area (TPSA) is 29.3 Å². The van der Waals surface area contributed by atoms with E-state index in [4.69, 9.17) is 5.73 Å². The lowest BCUT2D eigenvalue weighted by Crippen LogP contribution is -2.40. The summed E-state index contributed by atoms with van der Waals surface area (Å²) in [4.78, 5) is 2.68. The minimum atomic E-state index is 0.690. The van der Waals surface area contributed by atoms with E-state index >= 15 is 0 Å². The Morgan fingerprint density at radius 2 is 2.17 bits per heavy atom. The van der Waals surface area contributed by atoms with Gasteiger partial charge in [0.05, 0.1) is 0 Å². The van der Waals surface area contributed by atoms with Crippen molar-refractivity contribution >= 4 is 17.0 Å². The van der Waals surface area contributed by atoms with Gasteiger partial charge < -0.3 is 10.6 Å². The van der Waals surface area contributed by atoms with E-state index in [-0.39, 0.29) is 0 Å². The standard InChI is InChI=1S/C20H28N2S/c1-2-22(12-4-3-6-16-11-13-23-15-16)18-9-10-19-17(14-18)7-5-8-20(19)21/h5,7-8,11,13,15,18H,2-4,6,9-10,12,14,21H2,1H3. The molecule has 2 aromatic rings. The molecular weight excluding hydrogens is 300 g/mol. The number of unbranched alkanes of at least 4 members (excludes halogenated alkanes) is 1. The van der Waals surface area contributed by atoms with E-state index in [1.165, 1.54) is 55.3 Å². The maximum Gasteiger partial charge on any atom is 0.0349 e. The smallest absolute Gasteiger partial charge is 0.0349 e. The van der Waals surface area contributed by atoms with E-state index in [1.54, 1.807) is 11.3 Å². The van der Waals surface area contributed by atoms with E-state index < -0.39 is 0 Å². The molecule has 2 nitrogen and oxygen atoms in total. The van der Waals surface area contributed by atoms with Crippen molar-refractivity contribution in [2.24, 2.45) is 0 Å². The van der Waals surface area contributed by atoms with Gasteiger partial charge in [0.25, 0.3) is 0 Å². The van der Waals surface area contributed by atoms with E-state index in [1.807, 2.05) is 6.07 Å². The predicted octanol–water partition coefficient (Wildman–Crippen LogP) is 4.53. The number of hydrogen-bond acceptors (Lipinski definition) is 3. The van der Waals surface area contributed by atoms with E-state index in [0.717, 1.165) is 18.7 Å². The molecule has 1 atom stereocenters. The molecule has 0 saturated heterocycles. The molecule has 1 aliphatic rings. The molecule has 1 aromatic heterocycles. The summed E-state index contributed by atoms with van der Waals surface area (Å²) in [6.45, 7) is 4.68. The summed E-state index contributed by atoms with van der Waals surface area (Å²) in [7, 11) is 0. The second-order valence-corrected chi connectivity index (χ2v) is 7.38. The van der Waals surface area contributed by atoms with Gasteiger partial charge in [-0.15, -0.1) is 0 Å². The summed E-state index contributed by atoms with van der Waals surface area (Å²) in [5, 5.41) is 4.46. The average molecular weight is 329 g/mol. The highest BCUT2D eigenvalue weighted by molar-refractivity contribution is 7.07. The highest BCUT2D eigenvalue weighted by Crippen LogP contribution is 2.28. The zero-order chi connectivity index (χ0) is 16.1. The number of rotatable bonds is 7. The van der Waals surface area contributed by atoms with Crippen molar-refractivity contribution in [1.82, 2.24) is 4.90 Å². The summed E-state index contributed by atoms with van der Waals surface area (Å²) in [6, 6.07) is 9.36. The van der Waals surface area contributed by atoms with Crippen molar-refractivity contribution < 1.29 is 0 Å². The number of nitrogen functional groups attached to an aromatic ring is 1. The Bertz CT molecular complexity index is 606. The normalized spacial score (nSPS) is 17.4. The fourth-order valence-electron chi connectivity index (χ4n) is 3.81. The number of fused-ring (bicyclic) bond motifs is 1. The molecule has 124 valence electrons. The molecule has 1 aliphatic carbocycles. The van der Waals surface area contributed by atoms with Gasteiger partial charge in [-0.3, -0.25) is 0 Å². The maximum atomic E-state index is 6.13. The number of aryl methyl sites for hydroxylation is 1. The van der Waals surface area contributed by atoms with Gasteiger partial charge >= 0.3 is 0 Å². The van der Waals surface area contributed by atoms with Crippen LogP contribution in [-0.4, -0.2) is 24.0 Å². The van der Waals surface area contributed by atoms with Crippen molar-refractivity contribution in [2.75, 3.05) is 18.8 Å². The minimum Gasteiger partial charge on any atom is -0.398 e. The maximum absolute atomic E-state index is 6.13. The van der Waals surface area contributed by atoms with Gasteiger partial charge in [0.2, 0.25) is 0 Å². The molecule has 1 aromatic carbocycles. The van der Waals surface area contributed by atoms with Crippen LogP contribution in [-0.2, 0) is 19.3 Å². The average Bonchev–Trinajstić information content (AvgIpc) is 3.08. The van der Waals surface area contributed by atoms with Crippen LogP contribution in [0.4, 0.5) is 5.69 Å². The molecule has 23 heavy (non-hydrogen) atoms. The van der Waals surface area contributed by atoms with Crippen molar-refractivity contribution in [1.29, 1.82) is 0 Å². The monoisotopic (exact) mass is 328 g/mol. The van der Waals surface area contributed by atoms with Gasteiger partial charge in [0.15, 0.2) is 0 Å². The molecule has 3 heteroatoms. The molecule has 0 aliphatic heterocycles. The zero-order valence-electron chi connectivity index (χ0n) is 14.1. The Balaban J connectivity index is 1.50. The number of likely N-dealkylation sites (N-methyl/N-ethyl adjacent to an activating group) is 1. The number of nitrogens with zero attached hydrogens (tertiary/aromatic N) is 1. The Morgan fingerprint density at radius 3 is 2.96 bits per heavy atom. The molecule has 0 amide bonds.